The Morgan fingerprint density at radius 1 is 1.30 bits per heavy atom. The molecular formula is C20H21Cl2NO3S. The summed E-state index contributed by atoms with van der Waals surface area (Å²) in [4.78, 5) is 26.5. The van der Waals surface area contributed by atoms with E-state index in [0.717, 1.165) is 36.1 Å². The quantitative estimate of drug-likeness (QED) is 0.597. The molecule has 1 heterocycles. The van der Waals surface area contributed by atoms with E-state index in [4.69, 9.17) is 27.9 Å². The van der Waals surface area contributed by atoms with Gasteiger partial charge in [-0.1, -0.05) is 36.5 Å². The molecule has 0 radical (unpaired) electrons. The molecule has 2 aromatic rings. The summed E-state index contributed by atoms with van der Waals surface area (Å²) in [5.74, 6) is -0.143. The van der Waals surface area contributed by atoms with Gasteiger partial charge in [0, 0.05) is 9.90 Å². The SMILES string of the molecule is CCOC(=O)c1c(NC(=O)c2ccc(Cl)cc2Cl)sc2c1CC[C@@H](CC)C2. The van der Waals surface area contributed by atoms with Crippen LogP contribution >= 0.6 is 34.5 Å². The van der Waals surface area contributed by atoms with E-state index in [1.54, 1.807) is 19.1 Å². The molecule has 0 aliphatic heterocycles. The zero-order valence-corrected chi connectivity index (χ0v) is 17.6. The molecule has 0 saturated carbocycles. The average Bonchev–Trinajstić information content (AvgIpc) is 2.98. The third-order valence-electron chi connectivity index (χ3n) is 4.83. The molecule has 1 aliphatic carbocycles. The van der Waals surface area contributed by atoms with Crippen molar-refractivity contribution in [1.82, 2.24) is 0 Å². The van der Waals surface area contributed by atoms with E-state index in [0.29, 0.717) is 27.1 Å². The first-order valence-electron chi connectivity index (χ1n) is 9.02. The molecule has 144 valence electrons. The molecule has 4 nitrogen and oxygen atoms in total. The van der Waals surface area contributed by atoms with Crippen LogP contribution in [0.25, 0.3) is 0 Å². The van der Waals surface area contributed by atoms with Gasteiger partial charge < -0.3 is 10.1 Å². The minimum Gasteiger partial charge on any atom is -0.462 e. The number of hydrogen-bond acceptors (Lipinski definition) is 4. The van der Waals surface area contributed by atoms with Gasteiger partial charge in [-0.2, -0.15) is 0 Å². The highest BCUT2D eigenvalue weighted by molar-refractivity contribution is 7.17. The number of rotatable bonds is 5. The highest BCUT2D eigenvalue weighted by Gasteiger charge is 2.30. The fraction of sp³-hybridized carbons (Fsp3) is 0.400. The lowest BCUT2D eigenvalue weighted by molar-refractivity contribution is 0.0526. The molecule has 1 N–H and O–H groups in total. The topological polar surface area (TPSA) is 55.4 Å². The zero-order chi connectivity index (χ0) is 19.6. The first-order valence-corrected chi connectivity index (χ1v) is 10.6. The Labute approximate surface area is 172 Å². The normalized spacial score (nSPS) is 15.9. The van der Waals surface area contributed by atoms with E-state index in [2.05, 4.69) is 12.2 Å². The summed E-state index contributed by atoms with van der Waals surface area (Å²) >= 11 is 13.5. The second-order valence-electron chi connectivity index (χ2n) is 6.52. The third kappa shape index (κ3) is 4.31. The van der Waals surface area contributed by atoms with Crippen LogP contribution in [0.4, 0.5) is 5.00 Å². The minimum atomic E-state index is -0.387. The Hall–Kier alpha value is -1.56. The Kier molecular flexibility index (Phi) is 6.45. The van der Waals surface area contributed by atoms with Crippen LogP contribution in [0.5, 0.6) is 0 Å². The number of ether oxygens (including phenoxy) is 1. The molecule has 7 heteroatoms. The molecular weight excluding hydrogens is 405 g/mol. The van der Waals surface area contributed by atoms with E-state index < -0.39 is 0 Å². The van der Waals surface area contributed by atoms with Crippen molar-refractivity contribution in [2.45, 2.75) is 39.5 Å². The Morgan fingerprint density at radius 2 is 2.07 bits per heavy atom. The van der Waals surface area contributed by atoms with E-state index in [-0.39, 0.29) is 23.5 Å². The molecule has 27 heavy (non-hydrogen) atoms. The number of fused-ring (bicyclic) bond motifs is 1. The van der Waals surface area contributed by atoms with Gasteiger partial charge in [0.05, 0.1) is 22.8 Å². The number of hydrogen-bond donors (Lipinski definition) is 1. The summed E-state index contributed by atoms with van der Waals surface area (Å²) in [6, 6.07) is 4.71. The fourth-order valence-corrected chi connectivity index (χ4v) is 5.19. The molecule has 1 aromatic heterocycles. The number of carbonyl (C=O) groups excluding carboxylic acids is 2. The van der Waals surface area contributed by atoms with Gasteiger partial charge in [0.2, 0.25) is 0 Å². The standard InChI is InChI=1S/C20H21Cl2NO3S/c1-3-11-5-7-14-16(9-11)27-19(17(14)20(25)26-4-2)23-18(24)13-8-6-12(21)10-15(13)22/h6,8,10-11H,3-5,7,9H2,1-2H3,(H,23,24)/t11-/m1/s1. The Morgan fingerprint density at radius 3 is 2.74 bits per heavy atom. The summed E-state index contributed by atoms with van der Waals surface area (Å²) in [5, 5.41) is 4.13. The monoisotopic (exact) mass is 425 g/mol. The number of thiophene rings is 1. The van der Waals surface area contributed by atoms with Crippen molar-refractivity contribution >= 4 is 51.4 Å². The van der Waals surface area contributed by atoms with Gasteiger partial charge in [0.15, 0.2) is 0 Å². The largest absolute Gasteiger partial charge is 0.462 e. The first-order chi connectivity index (χ1) is 12.9. The van der Waals surface area contributed by atoms with Gasteiger partial charge in [0.1, 0.15) is 5.00 Å². The molecule has 1 amide bonds. The summed E-state index contributed by atoms with van der Waals surface area (Å²) in [6.45, 7) is 4.24. The first kappa shape index (κ1) is 20.2. The Bertz CT molecular complexity index is 878. The minimum absolute atomic E-state index is 0.269. The Balaban J connectivity index is 1.95. The molecule has 1 atom stereocenters. The fourth-order valence-electron chi connectivity index (χ4n) is 3.35. The van der Waals surface area contributed by atoms with Crippen LogP contribution in [-0.2, 0) is 17.6 Å². The van der Waals surface area contributed by atoms with Crippen LogP contribution in [-0.4, -0.2) is 18.5 Å². The van der Waals surface area contributed by atoms with Crippen molar-refractivity contribution in [3.05, 3.63) is 49.8 Å². The maximum absolute atomic E-state index is 12.7. The number of amides is 1. The van der Waals surface area contributed by atoms with Crippen LogP contribution in [0.1, 0.15) is 57.8 Å². The second-order valence-corrected chi connectivity index (χ2v) is 8.47. The van der Waals surface area contributed by atoms with Crippen molar-refractivity contribution in [3.8, 4) is 0 Å². The summed E-state index contributed by atoms with van der Waals surface area (Å²) in [6.07, 6.45) is 3.91. The maximum atomic E-state index is 12.7. The molecule has 0 fully saturated rings. The average molecular weight is 426 g/mol. The van der Waals surface area contributed by atoms with Crippen LogP contribution in [0.3, 0.4) is 0 Å². The predicted molar refractivity (Wildman–Crippen MR) is 110 cm³/mol. The van der Waals surface area contributed by atoms with Crippen LogP contribution in [0.2, 0.25) is 10.0 Å². The van der Waals surface area contributed by atoms with Crippen LogP contribution in [0, 0.1) is 5.92 Å². The van der Waals surface area contributed by atoms with E-state index in [1.807, 2.05) is 0 Å². The summed E-state index contributed by atoms with van der Waals surface area (Å²) in [5.41, 5.74) is 1.82. The summed E-state index contributed by atoms with van der Waals surface area (Å²) in [7, 11) is 0. The smallest absolute Gasteiger partial charge is 0.341 e. The lowest BCUT2D eigenvalue weighted by Gasteiger charge is -2.20. The number of nitrogens with one attached hydrogen (secondary N) is 1. The molecule has 1 aromatic carbocycles. The number of carbonyl (C=O) groups is 2. The van der Waals surface area contributed by atoms with Crippen LogP contribution in [0.15, 0.2) is 18.2 Å². The van der Waals surface area contributed by atoms with E-state index in [1.165, 1.54) is 17.4 Å². The molecule has 0 saturated heterocycles. The predicted octanol–water partition coefficient (Wildman–Crippen LogP) is 6.00. The van der Waals surface area contributed by atoms with Gasteiger partial charge in [0.25, 0.3) is 5.91 Å². The zero-order valence-electron chi connectivity index (χ0n) is 15.2. The van der Waals surface area contributed by atoms with Crippen molar-refractivity contribution in [2.75, 3.05) is 11.9 Å². The number of esters is 1. The van der Waals surface area contributed by atoms with Crippen molar-refractivity contribution in [3.63, 3.8) is 0 Å². The molecule has 0 unspecified atom stereocenters. The van der Waals surface area contributed by atoms with Gasteiger partial charge in [-0.3, -0.25) is 4.79 Å². The highest BCUT2D eigenvalue weighted by Crippen LogP contribution is 2.41. The third-order valence-corrected chi connectivity index (χ3v) is 6.54. The van der Waals surface area contributed by atoms with Gasteiger partial charge >= 0.3 is 5.97 Å². The molecule has 1 aliphatic rings. The number of anilines is 1. The van der Waals surface area contributed by atoms with E-state index in [9.17, 15) is 9.59 Å². The molecule has 0 bridgehead atoms. The molecule has 3 rings (SSSR count). The van der Waals surface area contributed by atoms with Crippen molar-refractivity contribution < 1.29 is 14.3 Å². The van der Waals surface area contributed by atoms with Gasteiger partial charge in [-0.15, -0.1) is 11.3 Å². The lowest BCUT2D eigenvalue weighted by Crippen LogP contribution is -2.17. The van der Waals surface area contributed by atoms with Gasteiger partial charge in [-0.05, 0) is 55.9 Å². The van der Waals surface area contributed by atoms with Crippen LogP contribution < -0.4 is 5.32 Å². The van der Waals surface area contributed by atoms with E-state index >= 15 is 0 Å². The number of benzene rings is 1. The summed E-state index contributed by atoms with van der Waals surface area (Å²) < 4.78 is 5.25. The molecule has 0 spiro atoms. The highest BCUT2D eigenvalue weighted by atomic mass is 35.5. The maximum Gasteiger partial charge on any atom is 0.341 e. The van der Waals surface area contributed by atoms with Crippen molar-refractivity contribution in [1.29, 1.82) is 0 Å². The lowest BCUT2D eigenvalue weighted by atomic mass is 9.85. The second kappa shape index (κ2) is 8.63. The number of halogens is 2. The van der Waals surface area contributed by atoms with Gasteiger partial charge in [-0.25, -0.2) is 4.79 Å². The van der Waals surface area contributed by atoms with Crippen molar-refractivity contribution in [2.24, 2.45) is 5.92 Å².